The van der Waals surface area contributed by atoms with Crippen molar-refractivity contribution < 1.29 is 4.79 Å². The van der Waals surface area contributed by atoms with E-state index in [1.165, 1.54) is 0 Å². The number of carbonyl (C=O) groups is 1. The van der Waals surface area contributed by atoms with E-state index in [0.717, 1.165) is 27.7 Å². The van der Waals surface area contributed by atoms with Gasteiger partial charge in [-0.15, -0.1) is 0 Å². The molecule has 1 amide bonds. The maximum Gasteiger partial charge on any atom is 0.244 e. The topological polar surface area (TPSA) is 60.5 Å². The highest BCUT2D eigenvalue weighted by atomic mass is 35.5. The molecule has 0 fully saturated rings. The second kappa shape index (κ2) is 7.40. The van der Waals surface area contributed by atoms with Crippen molar-refractivity contribution in [3.05, 3.63) is 64.8 Å². The Morgan fingerprint density at radius 3 is 2.84 bits per heavy atom. The second-order valence-corrected chi connectivity index (χ2v) is 6.34. The van der Waals surface area contributed by atoms with Crippen LogP contribution in [0, 0.1) is 0 Å². The van der Waals surface area contributed by atoms with Gasteiger partial charge >= 0.3 is 0 Å². The van der Waals surface area contributed by atoms with Crippen molar-refractivity contribution in [2.45, 2.75) is 6.42 Å². The monoisotopic (exact) mass is 354 g/mol. The maximum atomic E-state index is 12.1. The Hall–Kier alpha value is -2.79. The molecule has 0 saturated carbocycles. The molecule has 0 aliphatic carbocycles. The number of H-pyrrole nitrogens is 1. The van der Waals surface area contributed by atoms with E-state index in [2.05, 4.69) is 15.5 Å². The molecule has 2 aromatic carbocycles. The fourth-order valence-electron chi connectivity index (χ4n) is 2.56. The van der Waals surface area contributed by atoms with Gasteiger partial charge in [0.25, 0.3) is 0 Å². The van der Waals surface area contributed by atoms with Gasteiger partial charge in [0, 0.05) is 42.4 Å². The van der Waals surface area contributed by atoms with Gasteiger partial charge in [-0.25, -0.2) is 5.43 Å². The lowest BCUT2D eigenvalue weighted by molar-refractivity contribution is -0.120. The number of carbonyl (C=O) groups excluding carboxylic acids is 1. The Morgan fingerprint density at radius 2 is 2.08 bits per heavy atom. The number of aromatic nitrogens is 1. The Bertz CT molecular complexity index is 930. The van der Waals surface area contributed by atoms with Gasteiger partial charge in [0.1, 0.15) is 0 Å². The first-order valence-electron chi connectivity index (χ1n) is 7.88. The number of hydrogen-bond donors (Lipinski definition) is 2. The highest BCUT2D eigenvalue weighted by Gasteiger charge is 2.08. The van der Waals surface area contributed by atoms with Crippen LogP contribution in [0.4, 0.5) is 5.69 Å². The van der Waals surface area contributed by atoms with Crippen LogP contribution in [-0.2, 0) is 11.2 Å². The van der Waals surface area contributed by atoms with Gasteiger partial charge in [-0.2, -0.15) is 5.10 Å². The highest BCUT2D eigenvalue weighted by Crippen LogP contribution is 2.21. The average molecular weight is 355 g/mol. The summed E-state index contributed by atoms with van der Waals surface area (Å²) in [5, 5.41) is 5.63. The third kappa shape index (κ3) is 4.00. The van der Waals surface area contributed by atoms with Gasteiger partial charge in [-0.3, -0.25) is 4.79 Å². The molecule has 0 bridgehead atoms. The molecule has 0 unspecified atom stereocenters. The first-order chi connectivity index (χ1) is 12.0. The number of hydrogen-bond acceptors (Lipinski definition) is 3. The summed E-state index contributed by atoms with van der Waals surface area (Å²) in [5.74, 6) is -0.179. The van der Waals surface area contributed by atoms with Crippen molar-refractivity contribution in [3.63, 3.8) is 0 Å². The Kier molecular flexibility index (Phi) is 5.05. The van der Waals surface area contributed by atoms with Crippen molar-refractivity contribution in [1.29, 1.82) is 0 Å². The number of anilines is 1. The van der Waals surface area contributed by atoms with Gasteiger partial charge in [0.15, 0.2) is 0 Å². The van der Waals surface area contributed by atoms with Crippen molar-refractivity contribution in [3.8, 4) is 0 Å². The molecule has 0 spiro atoms. The predicted octanol–water partition coefficient (Wildman–Crippen LogP) is 3.58. The van der Waals surface area contributed by atoms with Gasteiger partial charge in [0.2, 0.25) is 5.91 Å². The van der Waals surface area contributed by atoms with Crippen LogP contribution in [0.3, 0.4) is 0 Å². The zero-order valence-corrected chi connectivity index (χ0v) is 14.8. The van der Waals surface area contributed by atoms with E-state index in [4.69, 9.17) is 11.6 Å². The predicted molar refractivity (Wildman–Crippen MR) is 104 cm³/mol. The molecule has 128 valence electrons. The molecule has 0 radical (unpaired) electrons. The third-order valence-corrected chi connectivity index (χ3v) is 4.25. The molecular weight excluding hydrogens is 336 g/mol. The number of aromatic amines is 1. The molecular formula is C19H19ClN4O. The van der Waals surface area contributed by atoms with Crippen molar-refractivity contribution in [2.75, 3.05) is 19.0 Å². The first kappa shape index (κ1) is 17.0. The Balaban J connectivity index is 1.63. The highest BCUT2D eigenvalue weighted by molar-refractivity contribution is 6.33. The maximum absolute atomic E-state index is 12.1. The summed E-state index contributed by atoms with van der Waals surface area (Å²) in [7, 11) is 3.90. The number of nitrogens with zero attached hydrogens (tertiary/aromatic N) is 2. The molecule has 5 nitrogen and oxygen atoms in total. The van der Waals surface area contributed by atoms with Crippen LogP contribution in [0.15, 0.2) is 53.8 Å². The van der Waals surface area contributed by atoms with E-state index >= 15 is 0 Å². The van der Waals surface area contributed by atoms with E-state index < -0.39 is 0 Å². The van der Waals surface area contributed by atoms with Crippen LogP contribution >= 0.6 is 11.6 Å². The van der Waals surface area contributed by atoms with Crippen LogP contribution in [-0.4, -0.2) is 31.2 Å². The lowest BCUT2D eigenvalue weighted by Gasteiger charge is -2.13. The van der Waals surface area contributed by atoms with E-state index in [-0.39, 0.29) is 12.3 Å². The fourth-order valence-corrected chi connectivity index (χ4v) is 2.79. The standard InChI is InChI=1S/C19H19ClN4O/c1-24(2)15-8-7-13(17(20)10-15)12-22-23-19(25)9-14-11-21-18-6-4-3-5-16(14)18/h3-8,10-12,21H,9H2,1-2H3,(H,23,25)/b22-12+. The number of hydrazone groups is 1. The van der Waals surface area contributed by atoms with E-state index in [0.29, 0.717) is 5.02 Å². The molecule has 25 heavy (non-hydrogen) atoms. The number of benzene rings is 2. The Labute approximate surface area is 151 Å². The van der Waals surface area contributed by atoms with Gasteiger partial charge in [0.05, 0.1) is 17.7 Å². The molecule has 1 heterocycles. The molecule has 1 aromatic heterocycles. The summed E-state index contributed by atoms with van der Waals surface area (Å²) < 4.78 is 0. The van der Waals surface area contributed by atoms with Crippen LogP contribution < -0.4 is 10.3 Å². The Morgan fingerprint density at radius 1 is 1.28 bits per heavy atom. The molecule has 0 aliphatic heterocycles. The molecule has 0 atom stereocenters. The molecule has 0 aliphatic rings. The molecule has 6 heteroatoms. The number of amides is 1. The minimum absolute atomic E-state index is 0.179. The van der Waals surface area contributed by atoms with Crippen molar-refractivity contribution in [2.24, 2.45) is 5.10 Å². The lowest BCUT2D eigenvalue weighted by Crippen LogP contribution is -2.19. The van der Waals surface area contributed by atoms with Crippen LogP contribution in [0.2, 0.25) is 5.02 Å². The van der Waals surface area contributed by atoms with Crippen LogP contribution in [0.1, 0.15) is 11.1 Å². The average Bonchev–Trinajstić information content (AvgIpc) is 2.99. The van der Waals surface area contributed by atoms with Crippen molar-refractivity contribution >= 4 is 40.3 Å². The minimum atomic E-state index is -0.179. The molecule has 2 N–H and O–H groups in total. The molecule has 3 rings (SSSR count). The zero-order chi connectivity index (χ0) is 17.8. The molecule has 0 saturated heterocycles. The smallest absolute Gasteiger partial charge is 0.244 e. The normalized spacial score (nSPS) is 11.2. The summed E-state index contributed by atoms with van der Waals surface area (Å²) in [6, 6.07) is 13.6. The van der Waals surface area contributed by atoms with Crippen LogP contribution in [0.5, 0.6) is 0 Å². The lowest BCUT2D eigenvalue weighted by atomic mass is 10.1. The number of fused-ring (bicyclic) bond motifs is 1. The quantitative estimate of drug-likeness (QED) is 0.543. The fraction of sp³-hybridized carbons (Fsp3) is 0.158. The first-order valence-corrected chi connectivity index (χ1v) is 8.26. The minimum Gasteiger partial charge on any atom is -0.378 e. The summed E-state index contributed by atoms with van der Waals surface area (Å²) in [5.41, 5.74) is 6.26. The van der Waals surface area contributed by atoms with E-state index in [1.807, 2.05) is 67.7 Å². The van der Waals surface area contributed by atoms with Crippen molar-refractivity contribution in [1.82, 2.24) is 10.4 Å². The third-order valence-electron chi connectivity index (χ3n) is 3.92. The number of halogens is 1. The second-order valence-electron chi connectivity index (χ2n) is 5.93. The van der Waals surface area contributed by atoms with E-state index in [1.54, 1.807) is 6.21 Å². The van der Waals surface area contributed by atoms with E-state index in [9.17, 15) is 4.79 Å². The van der Waals surface area contributed by atoms with Gasteiger partial charge < -0.3 is 9.88 Å². The zero-order valence-electron chi connectivity index (χ0n) is 14.1. The summed E-state index contributed by atoms with van der Waals surface area (Å²) >= 11 is 6.23. The largest absolute Gasteiger partial charge is 0.378 e. The number of para-hydroxylation sites is 1. The number of rotatable bonds is 5. The van der Waals surface area contributed by atoms with Crippen LogP contribution in [0.25, 0.3) is 10.9 Å². The number of nitrogens with one attached hydrogen (secondary N) is 2. The van der Waals surface area contributed by atoms with Gasteiger partial charge in [-0.1, -0.05) is 29.8 Å². The summed E-state index contributed by atoms with van der Waals surface area (Å²) in [6.45, 7) is 0. The summed E-state index contributed by atoms with van der Waals surface area (Å²) in [4.78, 5) is 17.2. The SMILES string of the molecule is CN(C)c1ccc(/C=N/NC(=O)Cc2c[nH]c3ccccc23)c(Cl)c1. The molecule has 3 aromatic rings. The van der Waals surface area contributed by atoms with Gasteiger partial charge in [-0.05, 0) is 29.8 Å². The summed E-state index contributed by atoms with van der Waals surface area (Å²) in [6.07, 6.45) is 3.66.